The number of nitrogens with zero attached hydrogens (tertiary/aromatic N) is 4. The van der Waals surface area contributed by atoms with Crippen molar-refractivity contribution in [1.82, 2.24) is 14.9 Å². The van der Waals surface area contributed by atoms with E-state index in [-0.39, 0.29) is 12.5 Å². The van der Waals surface area contributed by atoms with Gasteiger partial charge in [-0.25, -0.2) is 9.97 Å². The zero-order chi connectivity index (χ0) is 21.2. The molecule has 158 valence electrons. The van der Waals surface area contributed by atoms with E-state index in [9.17, 15) is 4.79 Å². The van der Waals surface area contributed by atoms with Gasteiger partial charge >= 0.3 is 0 Å². The Labute approximate surface area is 191 Å². The normalized spacial score (nSPS) is 14.2. The Balaban J connectivity index is 1.18. The number of furan rings is 1. The number of carbonyl (C=O) groups excluding carboxylic acids is 1. The van der Waals surface area contributed by atoms with E-state index in [2.05, 4.69) is 30.8 Å². The minimum atomic E-state index is -0.0978. The van der Waals surface area contributed by atoms with E-state index in [0.717, 1.165) is 38.8 Å². The lowest BCUT2D eigenvalue weighted by Crippen LogP contribution is -2.48. The Kier molecular flexibility index (Phi) is 5.61. The number of halogens is 1. The minimum Gasteiger partial charge on any atom is -0.486 e. The lowest BCUT2D eigenvalue weighted by molar-refractivity contribution is 0.0710. The molecule has 1 amide bonds. The molecule has 0 N–H and O–H groups in total. The SMILES string of the molecule is O=C(c1ccc(COc2cccc(Br)c2)o1)N1CCN(c2nc3cccnc3s2)CC1. The second kappa shape index (κ2) is 8.68. The number of hydrogen-bond donors (Lipinski definition) is 0. The van der Waals surface area contributed by atoms with Crippen LogP contribution in [-0.4, -0.2) is 47.0 Å². The van der Waals surface area contributed by atoms with Gasteiger partial charge in [0, 0.05) is 36.8 Å². The lowest BCUT2D eigenvalue weighted by atomic mass is 10.3. The molecule has 0 bridgehead atoms. The largest absolute Gasteiger partial charge is 0.486 e. The number of fused-ring (bicyclic) bond motifs is 1. The molecular weight excluding hydrogens is 480 g/mol. The number of piperazine rings is 1. The summed E-state index contributed by atoms with van der Waals surface area (Å²) in [5, 5.41) is 0.950. The molecule has 1 saturated heterocycles. The van der Waals surface area contributed by atoms with E-state index in [4.69, 9.17) is 9.15 Å². The third-order valence-electron chi connectivity index (χ3n) is 5.04. The van der Waals surface area contributed by atoms with Gasteiger partial charge in [-0.15, -0.1) is 0 Å². The predicted molar refractivity (Wildman–Crippen MR) is 123 cm³/mol. The first-order valence-corrected chi connectivity index (χ1v) is 11.5. The van der Waals surface area contributed by atoms with Gasteiger partial charge in [-0.3, -0.25) is 4.79 Å². The summed E-state index contributed by atoms with van der Waals surface area (Å²) in [6, 6.07) is 15.0. The standard InChI is InChI=1S/C22H19BrN4O3S/c23-15-3-1-4-16(13-15)29-14-17-6-7-19(30-17)21(28)26-9-11-27(12-10-26)22-25-18-5-2-8-24-20(18)31-22/h1-8,13H,9-12,14H2. The molecule has 1 aliphatic rings. The zero-order valence-corrected chi connectivity index (χ0v) is 18.9. The highest BCUT2D eigenvalue weighted by Crippen LogP contribution is 2.28. The fraction of sp³-hybridized carbons (Fsp3) is 0.227. The maximum Gasteiger partial charge on any atom is 0.289 e. The Morgan fingerprint density at radius 3 is 2.81 bits per heavy atom. The van der Waals surface area contributed by atoms with Crippen molar-refractivity contribution in [3.8, 4) is 5.75 Å². The second-order valence-corrected chi connectivity index (χ2v) is 8.99. The number of rotatable bonds is 5. The number of thiazole rings is 1. The average Bonchev–Trinajstić information content (AvgIpc) is 3.45. The van der Waals surface area contributed by atoms with Gasteiger partial charge in [-0.05, 0) is 42.5 Å². The Morgan fingerprint density at radius 2 is 2.00 bits per heavy atom. The first-order valence-electron chi connectivity index (χ1n) is 9.88. The Morgan fingerprint density at radius 1 is 1.13 bits per heavy atom. The molecule has 1 aromatic carbocycles. The van der Waals surface area contributed by atoms with E-state index in [1.807, 2.05) is 41.3 Å². The van der Waals surface area contributed by atoms with Crippen molar-refractivity contribution in [3.05, 3.63) is 70.7 Å². The highest BCUT2D eigenvalue weighted by Gasteiger charge is 2.26. The number of aromatic nitrogens is 2. The van der Waals surface area contributed by atoms with Crippen molar-refractivity contribution in [2.45, 2.75) is 6.61 Å². The summed E-state index contributed by atoms with van der Waals surface area (Å²) >= 11 is 5.00. The van der Waals surface area contributed by atoms with E-state index >= 15 is 0 Å². The number of amides is 1. The van der Waals surface area contributed by atoms with Gasteiger partial charge in [0.1, 0.15) is 28.5 Å². The van der Waals surface area contributed by atoms with Gasteiger partial charge in [0.05, 0.1) is 0 Å². The van der Waals surface area contributed by atoms with Crippen LogP contribution in [0.3, 0.4) is 0 Å². The minimum absolute atomic E-state index is 0.0978. The molecule has 7 nitrogen and oxygen atoms in total. The molecule has 4 heterocycles. The third-order valence-corrected chi connectivity index (χ3v) is 6.58. The zero-order valence-electron chi connectivity index (χ0n) is 16.5. The summed E-state index contributed by atoms with van der Waals surface area (Å²) in [7, 11) is 0. The van der Waals surface area contributed by atoms with E-state index in [1.54, 1.807) is 29.7 Å². The van der Waals surface area contributed by atoms with Crippen molar-refractivity contribution in [1.29, 1.82) is 0 Å². The topological polar surface area (TPSA) is 71.7 Å². The number of anilines is 1. The van der Waals surface area contributed by atoms with Gasteiger partial charge in [-0.2, -0.15) is 0 Å². The molecule has 0 saturated carbocycles. The Bertz CT molecular complexity index is 1180. The summed E-state index contributed by atoms with van der Waals surface area (Å²) in [6.45, 7) is 2.96. The average molecular weight is 499 g/mol. The molecule has 5 rings (SSSR count). The first-order chi connectivity index (χ1) is 15.2. The van der Waals surface area contributed by atoms with Crippen molar-refractivity contribution in [2.24, 2.45) is 0 Å². The van der Waals surface area contributed by atoms with E-state index in [0.29, 0.717) is 24.6 Å². The van der Waals surface area contributed by atoms with Crippen molar-refractivity contribution in [3.63, 3.8) is 0 Å². The van der Waals surface area contributed by atoms with Crippen molar-refractivity contribution >= 4 is 48.7 Å². The second-order valence-electron chi connectivity index (χ2n) is 7.12. The van der Waals surface area contributed by atoms with E-state index in [1.165, 1.54) is 0 Å². The number of carbonyl (C=O) groups is 1. The van der Waals surface area contributed by atoms with Crippen LogP contribution in [0.2, 0.25) is 0 Å². The molecule has 4 aromatic rings. The van der Waals surface area contributed by atoms with Crippen LogP contribution in [0.1, 0.15) is 16.3 Å². The van der Waals surface area contributed by atoms with Gasteiger partial charge < -0.3 is 19.0 Å². The maximum absolute atomic E-state index is 12.9. The van der Waals surface area contributed by atoms with E-state index < -0.39 is 0 Å². The van der Waals surface area contributed by atoms with Gasteiger partial charge in [-0.1, -0.05) is 33.3 Å². The summed E-state index contributed by atoms with van der Waals surface area (Å²) in [4.78, 5) is 26.8. The lowest BCUT2D eigenvalue weighted by Gasteiger charge is -2.34. The van der Waals surface area contributed by atoms with Crippen molar-refractivity contribution < 1.29 is 13.9 Å². The molecule has 3 aromatic heterocycles. The number of benzene rings is 1. The molecule has 0 unspecified atom stereocenters. The molecular formula is C22H19BrN4O3S. The smallest absolute Gasteiger partial charge is 0.289 e. The molecule has 0 spiro atoms. The number of hydrogen-bond acceptors (Lipinski definition) is 7. The van der Waals surface area contributed by atoms with Crippen molar-refractivity contribution in [2.75, 3.05) is 31.1 Å². The van der Waals surface area contributed by atoms with Crippen LogP contribution in [-0.2, 0) is 6.61 Å². The van der Waals surface area contributed by atoms with Crippen LogP contribution in [0.15, 0.2) is 63.6 Å². The molecule has 0 atom stereocenters. The Hall–Kier alpha value is -2.91. The monoisotopic (exact) mass is 498 g/mol. The molecule has 1 fully saturated rings. The first kappa shape index (κ1) is 20.0. The summed E-state index contributed by atoms with van der Waals surface area (Å²) < 4.78 is 12.4. The van der Waals surface area contributed by atoms with Crippen LogP contribution in [0.4, 0.5) is 5.13 Å². The highest BCUT2D eigenvalue weighted by atomic mass is 79.9. The summed E-state index contributed by atoms with van der Waals surface area (Å²) in [6.07, 6.45) is 1.78. The molecule has 0 radical (unpaired) electrons. The van der Waals surface area contributed by atoms with Gasteiger partial charge in [0.2, 0.25) is 0 Å². The fourth-order valence-corrected chi connectivity index (χ4v) is 4.77. The predicted octanol–water partition coefficient (Wildman–Crippen LogP) is 4.59. The molecule has 9 heteroatoms. The van der Waals surface area contributed by atoms with Gasteiger partial charge in [0.25, 0.3) is 5.91 Å². The van der Waals surface area contributed by atoms with Crippen LogP contribution < -0.4 is 9.64 Å². The fourth-order valence-electron chi connectivity index (χ4n) is 3.43. The summed E-state index contributed by atoms with van der Waals surface area (Å²) in [5.41, 5.74) is 0.911. The highest BCUT2D eigenvalue weighted by molar-refractivity contribution is 9.10. The molecule has 31 heavy (non-hydrogen) atoms. The van der Waals surface area contributed by atoms with Gasteiger partial charge in [0.15, 0.2) is 10.9 Å². The molecule has 0 aliphatic carbocycles. The number of pyridine rings is 1. The maximum atomic E-state index is 12.9. The molecule has 1 aliphatic heterocycles. The van der Waals surface area contributed by atoms with Crippen LogP contribution in [0.5, 0.6) is 5.75 Å². The third kappa shape index (κ3) is 4.42. The number of ether oxygens (including phenoxy) is 1. The summed E-state index contributed by atoms with van der Waals surface area (Å²) in [5.74, 6) is 1.59. The van der Waals surface area contributed by atoms with Crippen LogP contribution in [0.25, 0.3) is 10.3 Å². The van der Waals surface area contributed by atoms with Crippen LogP contribution in [0, 0.1) is 0 Å². The van der Waals surface area contributed by atoms with Crippen LogP contribution >= 0.6 is 27.3 Å². The quantitative estimate of drug-likeness (QED) is 0.400.